The number of amides is 3. The maximum absolute atomic E-state index is 12.7. The predicted octanol–water partition coefficient (Wildman–Crippen LogP) is 2.90. The fourth-order valence-electron chi connectivity index (χ4n) is 4.22. The molecular weight excluding hydrogens is 340 g/mol. The van der Waals surface area contributed by atoms with Crippen molar-refractivity contribution in [3.63, 3.8) is 0 Å². The number of benzene rings is 1. The van der Waals surface area contributed by atoms with Crippen molar-refractivity contribution in [1.82, 2.24) is 20.1 Å². The number of hydrogen-bond acceptors (Lipinski definition) is 2. The number of aromatic amines is 1. The molecule has 4 rings (SSSR count). The van der Waals surface area contributed by atoms with Crippen LogP contribution >= 0.6 is 0 Å². The Morgan fingerprint density at radius 1 is 1.00 bits per heavy atom. The van der Waals surface area contributed by atoms with Gasteiger partial charge in [-0.1, -0.05) is 37.5 Å². The molecule has 1 saturated carbocycles. The molecule has 2 N–H and O–H groups in total. The summed E-state index contributed by atoms with van der Waals surface area (Å²) in [6, 6.07) is 8.41. The molecule has 3 amide bonds. The van der Waals surface area contributed by atoms with Gasteiger partial charge < -0.3 is 20.1 Å². The summed E-state index contributed by atoms with van der Waals surface area (Å²) in [4.78, 5) is 32.1. The van der Waals surface area contributed by atoms with Crippen LogP contribution in [0.3, 0.4) is 0 Å². The summed E-state index contributed by atoms with van der Waals surface area (Å²) in [7, 11) is 0. The Balaban J connectivity index is 1.28. The second kappa shape index (κ2) is 8.03. The highest BCUT2D eigenvalue weighted by atomic mass is 16.2. The number of nitrogens with one attached hydrogen (secondary N) is 2. The Kier molecular flexibility index (Phi) is 5.32. The smallest absolute Gasteiger partial charge is 0.317 e. The van der Waals surface area contributed by atoms with Gasteiger partial charge in [0.15, 0.2) is 0 Å². The van der Waals surface area contributed by atoms with E-state index in [9.17, 15) is 9.59 Å². The standard InChI is InChI=1S/C21H28N4O2/c26-20(14-16-15-22-19-9-5-4-8-18(16)19)24-10-12-25(13-11-24)21(27)23-17-6-2-1-3-7-17/h4-5,8-9,15,17,22H,1-3,6-7,10-14H2,(H,23,27). The number of H-pyrrole nitrogens is 1. The van der Waals surface area contributed by atoms with Gasteiger partial charge in [-0.25, -0.2) is 4.79 Å². The maximum Gasteiger partial charge on any atom is 0.317 e. The van der Waals surface area contributed by atoms with Gasteiger partial charge in [-0.05, 0) is 24.5 Å². The van der Waals surface area contributed by atoms with E-state index in [-0.39, 0.29) is 11.9 Å². The number of carbonyl (C=O) groups is 2. The molecule has 2 heterocycles. The van der Waals surface area contributed by atoms with Crippen LogP contribution in [0.1, 0.15) is 37.7 Å². The minimum absolute atomic E-state index is 0.0330. The predicted molar refractivity (Wildman–Crippen MR) is 106 cm³/mol. The minimum atomic E-state index is 0.0330. The molecule has 0 radical (unpaired) electrons. The van der Waals surface area contributed by atoms with Crippen molar-refractivity contribution in [2.45, 2.75) is 44.6 Å². The second-order valence-electron chi connectivity index (χ2n) is 7.69. The number of fused-ring (bicyclic) bond motifs is 1. The molecule has 1 aromatic carbocycles. The highest BCUT2D eigenvalue weighted by Gasteiger charge is 2.26. The summed E-state index contributed by atoms with van der Waals surface area (Å²) >= 11 is 0. The number of urea groups is 1. The molecule has 1 aromatic heterocycles. The average Bonchev–Trinajstić information content (AvgIpc) is 3.12. The van der Waals surface area contributed by atoms with Crippen molar-refractivity contribution >= 4 is 22.8 Å². The lowest BCUT2D eigenvalue weighted by Gasteiger charge is -2.36. The van der Waals surface area contributed by atoms with Gasteiger partial charge in [0.05, 0.1) is 6.42 Å². The van der Waals surface area contributed by atoms with Crippen LogP contribution in [0.15, 0.2) is 30.5 Å². The van der Waals surface area contributed by atoms with Crippen LogP contribution in [0.4, 0.5) is 4.79 Å². The first-order chi connectivity index (χ1) is 13.2. The van der Waals surface area contributed by atoms with Crippen LogP contribution in [-0.4, -0.2) is 58.9 Å². The molecular formula is C21H28N4O2. The van der Waals surface area contributed by atoms with Crippen molar-refractivity contribution in [2.24, 2.45) is 0 Å². The molecule has 1 aliphatic heterocycles. The summed E-state index contributed by atoms with van der Waals surface area (Å²) < 4.78 is 0. The number of hydrogen-bond donors (Lipinski definition) is 2. The Bertz CT molecular complexity index is 801. The molecule has 0 bridgehead atoms. The zero-order chi connectivity index (χ0) is 18.6. The van der Waals surface area contributed by atoms with E-state index in [1.807, 2.05) is 40.3 Å². The van der Waals surface area contributed by atoms with Crippen molar-refractivity contribution in [1.29, 1.82) is 0 Å². The molecule has 1 aliphatic carbocycles. The van der Waals surface area contributed by atoms with Gasteiger partial charge in [-0.15, -0.1) is 0 Å². The van der Waals surface area contributed by atoms with E-state index in [2.05, 4.69) is 10.3 Å². The van der Waals surface area contributed by atoms with Gasteiger partial charge in [-0.2, -0.15) is 0 Å². The zero-order valence-corrected chi connectivity index (χ0v) is 15.7. The third kappa shape index (κ3) is 4.10. The first-order valence-corrected chi connectivity index (χ1v) is 10.1. The molecule has 1 saturated heterocycles. The monoisotopic (exact) mass is 368 g/mol. The second-order valence-corrected chi connectivity index (χ2v) is 7.69. The van der Waals surface area contributed by atoms with Gasteiger partial charge in [0, 0.05) is 49.3 Å². The number of para-hydroxylation sites is 1. The van der Waals surface area contributed by atoms with Crippen LogP contribution in [0, 0.1) is 0 Å². The molecule has 0 unspecified atom stereocenters. The summed E-state index contributed by atoms with van der Waals surface area (Å²) in [6.07, 6.45) is 8.21. The quantitative estimate of drug-likeness (QED) is 0.875. The zero-order valence-electron chi connectivity index (χ0n) is 15.7. The molecule has 6 nitrogen and oxygen atoms in total. The summed E-state index contributed by atoms with van der Waals surface area (Å²) in [5, 5.41) is 4.28. The lowest BCUT2D eigenvalue weighted by molar-refractivity contribution is -0.131. The molecule has 0 spiro atoms. The summed E-state index contributed by atoms with van der Waals surface area (Å²) in [5.41, 5.74) is 2.09. The highest BCUT2D eigenvalue weighted by molar-refractivity contribution is 5.89. The molecule has 2 aliphatic rings. The largest absolute Gasteiger partial charge is 0.361 e. The molecule has 27 heavy (non-hydrogen) atoms. The average molecular weight is 368 g/mol. The van der Waals surface area contributed by atoms with Gasteiger partial charge >= 0.3 is 6.03 Å². The molecule has 6 heteroatoms. The highest BCUT2D eigenvalue weighted by Crippen LogP contribution is 2.20. The Hall–Kier alpha value is -2.50. The van der Waals surface area contributed by atoms with Crippen molar-refractivity contribution in [3.8, 4) is 0 Å². The van der Waals surface area contributed by atoms with Crippen molar-refractivity contribution in [3.05, 3.63) is 36.0 Å². The molecule has 2 aromatic rings. The van der Waals surface area contributed by atoms with Crippen LogP contribution in [0.25, 0.3) is 10.9 Å². The number of rotatable bonds is 3. The topological polar surface area (TPSA) is 68.4 Å². The lowest BCUT2D eigenvalue weighted by atomic mass is 9.96. The van der Waals surface area contributed by atoms with Crippen LogP contribution in [0.2, 0.25) is 0 Å². The third-order valence-corrected chi connectivity index (χ3v) is 5.87. The van der Waals surface area contributed by atoms with E-state index in [0.717, 1.165) is 29.3 Å². The van der Waals surface area contributed by atoms with E-state index in [1.54, 1.807) is 0 Å². The van der Waals surface area contributed by atoms with Gasteiger partial charge in [0.1, 0.15) is 0 Å². The maximum atomic E-state index is 12.7. The normalized spacial score (nSPS) is 18.7. The van der Waals surface area contributed by atoms with Gasteiger partial charge in [0.2, 0.25) is 5.91 Å². The fraction of sp³-hybridized carbons (Fsp3) is 0.524. The van der Waals surface area contributed by atoms with Crippen LogP contribution in [-0.2, 0) is 11.2 Å². The van der Waals surface area contributed by atoms with Gasteiger partial charge in [-0.3, -0.25) is 4.79 Å². The van der Waals surface area contributed by atoms with Crippen molar-refractivity contribution < 1.29 is 9.59 Å². The van der Waals surface area contributed by atoms with Crippen molar-refractivity contribution in [2.75, 3.05) is 26.2 Å². The van der Waals surface area contributed by atoms with E-state index in [0.29, 0.717) is 38.6 Å². The molecule has 144 valence electrons. The van der Waals surface area contributed by atoms with Gasteiger partial charge in [0.25, 0.3) is 0 Å². The Morgan fingerprint density at radius 2 is 1.70 bits per heavy atom. The fourth-order valence-corrected chi connectivity index (χ4v) is 4.22. The minimum Gasteiger partial charge on any atom is -0.361 e. The van der Waals surface area contributed by atoms with Crippen LogP contribution < -0.4 is 5.32 Å². The summed E-state index contributed by atoms with van der Waals surface area (Å²) in [6.45, 7) is 2.44. The Labute approximate surface area is 159 Å². The summed E-state index contributed by atoms with van der Waals surface area (Å²) in [5.74, 6) is 0.132. The van der Waals surface area contributed by atoms with E-state index >= 15 is 0 Å². The van der Waals surface area contributed by atoms with Crippen LogP contribution in [0.5, 0.6) is 0 Å². The number of piperazine rings is 1. The molecule has 0 atom stereocenters. The molecule has 2 fully saturated rings. The first-order valence-electron chi connectivity index (χ1n) is 10.1. The SMILES string of the molecule is O=C(Cc1c[nH]c2ccccc12)N1CCN(C(=O)NC2CCCCC2)CC1. The first kappa shape index (κ1) is 17.9. The van der Waals surface area contributed by atoms with E-state index < -0.39 is 0 Å². The number of nitrogens with zero attached hydrogens (tertiary/aromatic N) is 2. The third-order valence-electron chi connectivity index (χ3n) is 5.87. The van der Waals surface area contributed by atoms with E-state index in [1.165, 1.54) is 19.3 Å². The number of aromatic nitrogens is 1. The lowest BCUT2D eigenvalue weighted by Crippen LogP contribution is -2.54. The Morgan fingerprint density at radius 3 is 2.48 bits per heavy atom. The van der Waals surface area contributed by atoms with E-state index in [4.69, 9.17) is 0 Å². The number of carbonyl (C=O) groups excluding carboxylic acids is 2.